The number of aryl methyl sites for hydroxylation is 1. The molecule has 1 unspecified atom stereocenters. The van der Waals surface area contributed by atoms with Gasteiger partial charge < -0.3 is 10.4 Å². The van der Waals surface area contributed by atoms with Crippen LogP contribution < -0.4 is 5.32 Å². The highest BCUT2D eigenvalue weighted by Crippen LogP contribution is 2.21. The van der Waals surface area contributed by atoms with Crippen LogP contribution in [0.3, 0.4) is 0 Å². The maximum absolute atomic E-state index is 10.6. The first-order valence-corrected chi connectivity index (χ1v) is 7.37. The number of nitrogens with zero attached hydrogens (tertiary/aromatic N) is 2. The summed E-state index contributed by atoms with van der Waals surface area (Å²) < 4.78 is 1.89. The lowest BCUT2D eigenvalue weighted by Crippen LogP contribution is -2.41. The van der Waals surface area contributed by atoms with Gasteiger partial charge in [0.25, 0.3) is 0 Å². The van der Waals surface area contributed by atoms with Crippen LogP contribution in [0, 0.1) is 6.92 Å². The SMILES string of the molecule is CCCC(O)(CCC)CNC(C)c1cnn(C)c1C. The molecule has 0 aliphatic heterocycles. The molecular weight excluding hydrogens is 238 g/mol. The third kappa shape index (κ3) is 4.32. The summed E-state index contributed by atoms with van der Waals surface area (Å²) in [7, 11) is 1.95. The number of rotatable bonds is 8. The normalized spacial score (nSPS) is 13.8. The Morgan fingerprint density at radius 1 is 1.37 bits per heavy atom. The van der Waals surface area contributed by atoms with Gasteiger partial charge in [-0.15, -0.1) is 0 Å². The van der Waals surface area contributed by atoms with E-state index >= 15 is 0 Å². The summed E-state index contributed by atoms with van der Waals surface area (Å²) in [6.07, 6.45) is 5.64. The van der Waals surface area contributed by atoms with E-state index in [0.717, 1.165) is 25.7 Å². The summed E-state index contributed by atoms with van der Waals surface area (Å²) in [5, 5.41) is 18.3. The molecule has 0 amide bonds. The fraction of sp³-hybridized carbons (Fsp3) is 0.800. The second kappa shape index (κ2) is 7.06. The zero-order valence-corrected chi connectivity index (χ0v) is 13.0. The third-order valence-corrected chi connectivity index (χ3v) is 3.91. The number of nitrogens with one attached hydrogen (secondary N) is 1. The van der Waals surface area contributed by atoms with E-state index in [2.05, 4.69) is 38.1 Å². The van der Waals surface area contributed by atoms with Crippen molar-refractivity contribution in [2.24, 2.45) is 7.05 Å². The van der Waals surface area contributed by atoms with Gasteiger partial charge in [-0.25, -0.2) is 0 Å². The molecule has 0 spiro atoms. The number of aliphatic hydroxyl groups is 1. The Morgan fingerprint density at radius 3 is 2.37 bits per heavy atom. The highest BCUT2D eigenvalue weighted by Gasteiger charge is 2.25. The first-order chi connectivity index (χ1) is 8.93. The van der Waals surface area contributed by atoms with Crippen molar-refractivity contribution < 1.29 is 5.11 Å². The van der Waals surface area contributed by atoms with Crippen LogP contribution in [-0.2, 0) is 7.05 Å². The van der Waals surface area contributed by atoms with Gasteiger partial charge in [-0.3, -0.25) is 4.68 Å². The van der Waals surface area contributed by atoms with Gasteiger partial charge in [0.2, 0.25) is 0 Å². The first kappa shape index (κ1) is 16.2. The van der Waals surface area contributed by atoms with E-state index in [0.29, 0.717) is 6.54 Å². The van der Waals surface area contributed by atoms with Gasteiger partial charge in [0.15, 0.2) is 0 Å². The van der Waals surface area contributed by atoms with Gasteiger partial charge in [-0.2, -0.15) is 5.10 Å². The van der Waals surface area contributed by atoms with Gasteiger partial charge in [-0.1, -0.05) is 26.7 Å². The quantitative estimate of drug-likeness (QED) is 0.761. The molecule has 1 atom stereocenters. The van der Waals surface area contributed by atoms with Crippen LogP contribution in [0.1, 0.15) is 63.8 Å². The predicted octanol–water partition coefficient (Wildman–Crippen LogP) is 2.71. The fourth-order valence-corrected chi connectivity index (χ4v) is 2.63. The summed E-state index contributed by atoms with van der Waals surface area (Å²) in [5.41, 5.74) is 1.81. The Balaban J connectivity index is 2.61. The molecule has 0 bridgehead atoms. The second-order valence-corrected chi connectivity index (χ2v) is 5.64. The second-order valence-electron chi connectivity index (χ2n) is 5.64. The highest BCUT2D eigenvalue weighted by atomic mass is 16.3. The molecule has 4 heteroatoms. The van der Waals surface area contributed by atoms with Gasteiger partial charge in [0, 0.05) is 30.9 Å². The van der Waals surface area contributed by atoms with E-state index in [9.17, 15) is 5.11 Å². The van der Waals surface area contributed by atoms with Crippen molar-refractivity contribution in [2.45, 2.75) is 65.0 Å². The molecule has 0 aliphatic carbocycles. The molecule has 1 aromatic rings. The molecular formula is C15H29N3O. The lowest BCUT2D eigenvalue weighted by atomic mass is 9.92. The lowest BCUT2D eigenvalue weighted by Gasteiger charge is -2.29. The molecule has 2 N–H and O–H groups in total. The first-order valence-electron chi connectivity index (χ1n) is 7.37. The zero-order chi connectivity index (χ0) is 14.5. The summed E-state index contributed by atoms with van der Waals surface area (Å²) in [4.78, 5) is 0. The zero-order valence-electron chi connectivity index (χ0n) is 13.0. The molecule has 1 heterocycles. The predicted molar refractivity (Wildman–Crippen MR) is 79.1 cm³/mol. The molecule has 19 heavy (non-hydrogen) atoms. The van der Waals surface area contributed by atoms with Crippen molar-refractivity contribution >= 4 is 0 Å². The monoisotopic (exact) mass is 267 g/mol. The largest absolute Gasteiger partial charge is 0.389 e. The molecule has 0 aromatic carbocycles. The van der Waals surface area contributed by atoms with Crippen LogP contribution in [0.4, 0.5) is 0 Å². The van der Waals surface area contributed by atoms with E-state index in [1.165, 1.54) is 11.3 Å². The number of hydrogen-bond donors (Lipinski definition) is 2. The van der Waals surface area contributed by atoms with Crippen LogP contribution in [0.5, 0.6) is 0 Å². The summed E-state index contributed by atoms with van der Waals surface area (Å²) in [5.74, 6) is 0. The molecule has 0 saturated heterocycles. The van der Waals surface area contributed by atoms with Crippen LogP contribution >= 0.6 is 0 Å². The number of aromatic nitrogens is 2. The molecule has 110 valence electrons. The summed E-state index contributed by atoms with van der Waals surface area (Å²) in [6, 6.07) is 0.217. The minimum absolute atomic E-state index is 0.217. The Hall–Kier alpha value is -0.870. The average molecular weight is 267 g/mol. The van der Waals surface area contributed by atoms with Crippen LogP contribution in [-0.4, -0.2) is 27.0 Å². The van der Waals surface area contributed by atoms with Crippen molar-refractivity contribution in [2.75, 3.05) is 6.54 Å². The smallest absolute Gasteiger partial charge is 0.0771 e. The van der Waals surface area contributed by atoms with Crippen molar-refractivity contribution in [1.29, 1.82) is 0 Å². The average Bonchev–Trinajstić information content (AvgIpc) is 2.68. The van der Waals surface area contributed by atoms with E-state index < -0.39 is 5.60 Å². The molecule has 0 saturated carbocycles. The topological polar surface area (TPSA) is 50.1 Å². The van der Waals surface area contributed by atoms with E-state index in [1.807, 2.05) is 17.9 Å². The third-order valence-electron chi connectivity index (χ3n) is 3.91. The standard InChI is InChI=1S/C15H29N3O/c1-6-8-15(19,9-7-2)11-16-12(3)14-10-17-18(5)13(14)4/h10,12,16,19H,6-9,11H2,1-5H3. The molecule has 0 fully saturated rings. The summed E-state index contributed by atoms with van der Waals surface area (Å²) >= 11 is 0. The lowest BCUT2D eigenvalue weighted by molar-refractivity contribution is 0.0196. The van der Waals surface area contributed by atoms with Crippen molar-refractivity contribution in [3.63, 3.8) is 0 Å². The van der Waals surface area contributed by atoms with Crippen molar-refractivity contribution in [3.8, 4) is 0 Å². The maximum atomic E-state index is 10.6. The highest BCUT2D eigenvalue weighted by molar-refractivity contribution is 5.19. The Kier molecular flexibility index (Phi) is 6.01. The van der Waals surface area contributed by atoms with E-state index in [1.54, 1.807) is 0 Å². The molecule has 0 radical (unpaired) electrons. The number of hydrogen-bond acceptors (Lipinski definition) is 3. The Bertz CT molecular complexity index is 381. The fourth-order valence-electron chi connectivity index (χ4n) is 2.63. The van der Waals surface area contributed by atoms with Crippen LogP contribution in [0.2, 0.25) is 0 Å². The van der Waals surface area contributed by atoms with Gasteiger partial charge in [-0.05, 0) is 26.7 Å². The van der Waals surface area contributed by atoms with Crippen molar-refractivity contribution in [3.05, 3.63) is 17.5 Å². The molecule has 1 aromatic heterocycles. The molecule has 4 nitrogen and oxygen atoms in total. The Morgan fingerprint density at radius 2 is 1.95 bits per heavy atom. The Labute approximate surface area is 117 Å². The van der Waals surface area contributed by atoms with Crippen LogP contribution in [0.25, 0.3) is 0 Å². The van der Waals surface area contributed by atoms with Crippen LogP contribution in [0.15, 0.2) is 6.20 Å². The van der Waals surface area contributed by atoms with Crippen molar-refractivity contribution in [1.82, 2.24) is 15.1 Å². The van der Waals surface area contributed by atoms with E-state index in [-0.39, 0.29) is 6.04 Å². The van der Waals surface area contributed by atoms with Gasteiger partial charge in [0.1, 0.15) is 0 Å². The van der Waals surface area contributed by atoms with E-state index in [4.69, 9.17) is 0 Å². The minimum Gasteiger partial charge on any atom is -0.389 e. The van der Waals surface area contributed by atoms with Gasteiger partial charge >= 0.3 is 0 Å². The summed E-state index contributed by atoms with van der Waals surface area (Å²) in [6.45, 7) is 9.09. The maximum Gasteiger partial charge on any atom is 0.0771 e. The molecule has 1 rings (SSSR count). The molecule has 0 aliphatic rings. The minimum atomic E-state index is -0.576. The van der Waals surface area contributed by atoms with Gasteiger partial charge in [0.05, 0.1) is 11.8 Å².